The van der Waals surface area contributed by atoms with Gasteiger partial charge in [-0.15, -0.1) is 10.2 Å². The van der Waals surface area contributed by atoms with Crippen LogP contribution in [0.1, 0.15) is 5.56 Å². The Morgan fingerprint density at radius 2 is 1.82 bits per heavy atom. The summed E-state index contributed by atoms with van der Waals surface area (Å²) in [6.45, 7) is 4.77. The van der Waals surface area contributed by atoms with Crippen LogP contribution in [0.25, 0.3) is 11.5 Å². The summed E-state index contributed by atoms with van der Waals surface area (Å²) < 4.78 is 10.9. The predicted octanol–water partition coefficient (Wildman–Crippen LogP) is 2.77. The zero-order chi connectivity index (χ0) is 19.3. The van der Waals surface area contributed by atoms with Crippen LogP contribution in [-0.4, -0.2) is 53.8 Å². The fourth-order valence-corrected chi connectivity index (χ4v) is 3.11. The molecule has 2 aromatic heterocycles. The first kappa shape index (κ1) is 18.0. The van der Waals surface area contributed by atoms with Crippen molar-refractivity contribution in [3.05, 3.63) is 60.4 Å². The summed E-state index contributed by atoms with van der Waals surface area (Å²) in [6, 6.07) is 15.2. The van der Waals surface area contributed by atoms with Crippen LogP contribution in [0.5, 0.6) is 5.75 Å². The maximum absolute atomic E-state index is 12.4. The van der Waals surface area contributed by atoms with Crippen molar-refractivity contribution in [1.82, 2.24) is 15.1 Å². The van der Waals surface area contributed by atoms with Crippen LogP contribution < -0.4 is 9.64 Å². The molecule has 1 fully saturated rings. The zero-order valence-corrected chi connectivity index (χ0v) is 15.7. The van der Waals surface area contributed by atoms with E-state index in [9.17, 15) is 4.79 Å². The molecule has 1 saturated heterocycles. The summed E-state index contributed by atoms with van der Waals surface area (Å²) in [6.07, 6.45) is 1.61. The second-order valence-corrected chi connectivity index (χ2v) is 6.72. The Balaban J connectivity index is 1.28. The molecule has 0 atom stereocenters. The molecule has 1 amide bonds. The van der Waals surface area contributed by atoms with Gasteiger partial charge in [-0.1, -0.05) is 17.7 Å². The predicted molar refractivity (Wildman–Crippen MR) is 105 cm³/mol. The van der Waals surface area contributed by atoms with Gasteiger partial charge in [0.2, 0.25) is 0 Å². The second kappa shape index (κ2) is 8.12. The summed E-state index contributed by atoms with van der Waals surface area (Å²) in [5, 5.41) is 8.53. The Morgan fingerprint density at radius 3 is 2.46 bits per heavy atom. The van der Waals surface area contributed by atoms with Gasteiger partial charge in [-0.05, 0) is 43.3 Å². The fraction of sp³-hybridized carbons (Fsp3) is 0.286. The lowest BCUT2D eigenvalue weighted by Gasteiger charge is -2.35. The van der Waals surface area contributed by atoms with E-state index in [4.69, 9.17) is 9.15 Å². The Hall–Kier alpha value is -3.35. The summed E-state index contributed by atoms with van der Waals surface area (Å²) >= 11 is 0. The second-order valence-electron chi connectivity index (χ2n) is 6.72. The highest BCUT2D eigenvalue weighted by Crippen LogP contribution is 2.19. The quantitative estimate of drug-likeness (QED) is 0.680. The fourth-order valence-electron chi connectivity index (χ4n) is 3.11. The lowest BCUT2D eigenvalue weighted by atomic mass is 10.2. The van der Waals surface area contributed by atoms with Crippen molar-refractivity contribution in [3.63, 3.8) is 0 Å². The molecule has 0 saturated carbocycles. The summed E-state index contributed by atoms with van der Waals surface area (Å²) in [5.41, 5.74) is 1.87. The standard InChI is InChI=1S/C21H22N4O3/c1-16-4-6-17(7-5-16)28-15-21(26)25-12-10-24(11-13-25)20-9-8-18(22-23-20)19-3-2-14-27-19/h2-9,14H,10-13,15H2,1H3. The van der Waals surface area contributed by atoms with Crippen molar-refractivity contribution < 1.29 is 13.9 Å². The van der Waals surface area contributed by atoms with E-state index in [2.05, 4.69) is 15.1 Å². The summed E-state index contributed by atoms with van der Waals surface area (Å²) in [4.78, 5) is 16.4. The number of aryl methyl sites for hydroxylation is 1. The van der Waals surface area contributed by atoms with Crippen LogP contribution in [0, 0.1) is 6.92 Å². The van der Waals surface area contributed by atoms with Gasteiger partial charge >= 0.3 is 0 Å². The minimum atomic E-state index is -0.000485. The van der Waals surface area contributed by atoms with Gasteiger partial charge < -0.3 is 19.0 Å². The number of rotatable bonds is 5. The average molecular weight is 378 g/mol. The molecule has 0 unspecified atom stereocenters. The van der Waals surface area contributed by atoms with Crippen molar-refractivity contribution in [2.45, 2.75) is 6.92 Å². The lowest BCUT2D eigenvalue weighted by Crippen LogP contribution is -2.50. The molecule has 0 bridgehead atoms. The van der Waals surface area contributed by atoms with Gasteiger partial charge in [0.15, 0.2) is 18.2 Å². The zero-order valence-electron chi connectivity index (χ0n) is 15.7. The number of amides is 1. The molecule has 3 aromatic rings. The molecule has 0 radical (unpaired) electrons. The van der Waals surface area contributed by atoms with Gasteiger partial charge in [-0.3, -0.25) is 4.79 Å². The third kappa shape index (κ3) is 4.14. The molecule has 7 nitrogen and oxygen atoms in total. The molecule has 3 heterocycles. The number of nitrogens with zero attached hydrogens (tertiary/aromatic N) is 4. The van der Waals surface area contributed by atoms with Crippen molar-refractivity contribution in [2.75, 3.05) is 37.7 Å². The first-order valence-electron chi connectivity index (χ1n) is 9.29. The van der Waals surface area contributed by atoms with Crippen LogP contribution in [0.15, 0.2) is 59.2 Å². The Kier molecular flexibility index (Phi) is 5.23. The van der Waals surface area contributed by atoms with Crippen LogP contribution in [-0.2, 0) is 4.79 Å². The topological polar surface area (TPSA) is 71.7 Å². The number of furan rings is 1. The van der Waals surface area contributed by atoms with Crippen molar-refractivity contribution >= 4 is 11.7 Å². The van der Waals surface area contributed by atoms with Crippen molar-refractivity contribution in [3.8, 4) is 17.2 Å². The largest absolute Gasteiger partial charge is 0.484 e. The molecule has 4 rings (SSSR count). The highest BCUT2D eigenvalue weighted by Gasteiger charge is 2.22. The number of carbonyl (C=O) groups excluding carboxylic acids is 1. The third-order valence-corrected chi connectivity index (χ3v) is 4.76. The van der Waals surface area contributed by atoms with Crippen LogP contribution in [0.4, 0.5) is 5.82 Å². The summed E-state index contributed by atoms with van der Waals surface area (Å²) in [5.74, 6) is 2.21. The van der Waals surface area contributed by atoms with E-state index in [0.29, 0.717) is 43.4 Å². The molecule has 0 N–H and O–H groups in total. The Labute approximate surface area is 163 Å². The van der Waals surface area contributed by atoms with Gasteiger partial charge in [-0.2, -0.15) is 0 Å². The van der Waals surface area contributed by atoms with Gasteiger partial charge in [0, 0.05) is 26.2 Å². The molecule has 0 spiro atoms. The molecule has 1 aromatic carbocycles. The average Bonchev–Trinajstić information content (AvgIpc) is 3.28. The van der Waals surface area contributed by atoms with Crippen LogP contribution in [0.3, 0.4) is 0 Å². The number of piperazine rings is 1. The first-order chi connectivity index (χ1) is 13.7. The highest BCUT2D eigenvalue weighted by atomic mass is 16.5. The normalized spacial score (nSPS) is 14.2. The number of benzene rings is 1. The van der Waals surface area contributed by atoms with E-state index in [0.717, 1.165) is 11.4 Å². The molecule has 0 aliphatic carbocycles. The van der Waals surface area contributed by atoms with Crippen LogP contribution in [0.2, 0.25) is 0 Å². The summed E-state index contributed by atoms with van der Waals surface area (Å²) in [7, 11) is 0. The maximum atomic E-state index is 12.4. The molecule has 144 valence electrons. The molecule has 1 aliphatic heterocycles. The monoisotopic (exact) mass is 378 g/mol. The molecule has 1 aliphatic rings. The van der Waals surface area contributed by atoms with E-state index in [-0.39, 0.29) is 12.5 Å². The van der Waals surface area contributed by atoms with E-state index >= 15 is 0 Å². The van der Waals surface area contributed by atoms with E-state index in [1.807, 2.05) is 60.4 Å². The maximum Gasteiger partial charge on any atom is 0.260 e. The number of carbonyl (C=O) groups is 1. The SMILES string of the molecule is Cc1ccc(OCC(=O)N2CCN(c3ccc(-c4ccco4)nn3)CC2)cc1. The van der Waals surface area contributed by atoms with Crippen molar-refractivity contribution in [2.24, 2.45) is 0 Å². The minimum absolute atomic E-state index is 0.000485. The Morgan fingerprint density at radius 1 is 1.04 bits per heavy atom. The van der Waals surface area contributed by atoms with Crippen LogP contribution >= 0.6 is 0 Å². The highest BCUT2D eigenvalue weighted by molar-refractivity contribution is 5.78. The molecular weight excluding hydrogens is 356 g/mol. The molecule has 28 heavy (non-hydrogen) atoms. The van der Waals surface area contributed by atoms with Gasteiger partial charge in [-0.25, -0.2) is 0 Å². The molecule has 7 heteroatoms. The molecular formula is C21H22N4O3. The first-order valence-corrected chi connectivity index (χ1v) is 9.29. The lowest BCUT2D eigenvalue weighted by molar-refractivity contribution is -0.133. The van der Waals surface area contributed by atoms with Gasteiger partial charge in [0.1, 0.15) is 11.4 Å². The Bertz CT molecular complexity index is 900. The third-order valence-electron chi connectivity index (χ3n) is 4.76. The van der Waals surface area contributed by atoms with E-state index in [1.165, 1.54) is 0 Å². The van der Waals surface area contributed by atoms with Gasteiger partial charge in [0.25, 0.3) is 5.91 Å². The number of hydrogen-bond donors (Lipinski definition) is 0. The minimum Gasteiger partial charge on any atom is -0.484 e. The van der Waals surface area contributed by atoms with E-state index in [1.54, 1.807) is 6.26 Å². The number of aromatic nitrogens is 2. The smallest absolute Gasteiger partial charge is 0.260 e. The van der Waals surface area contributed by atoms with Gasteiger partial charge in [0.05, 0.1) is 6.26 Å². The number of hydrogen-bond acceptors (Lipinski definition) is 6. The van der Waals surface area contributed by atoms with Crippen molar-refractivity contribution in [1.29, 1.82) is 0 Å². The number of anilines is 1. The van der Waals surface area contributed by atoms with E-state index < -0.39 is 0 Å². The number of ether oxygens (including phenoxy) is 1.